The lowest BCUT2D eigenvalue weighted by Gasteiger charge is -2.14. The Balaban J connectivity index is 2.47. The van der Waals surface area contributed by atoms with E-state index in [-0.39, 0.29) is 0 Å². The maximum absolute atomic E-state index is 10.3. The molecule has 0 unspecified atom stereocenters. The van der Waals surface area contributed by atoms with E-state index in [1.165, 1.54) is 0 Å². The first-order chi connectivity index (χ1) is 4.25. The number of amides is 1. The highest BCUT2D eigenvalue weighted by atomic mass is 16.1. The molecule has 0 aromatic carbocycles. The molecule has 0 aromatic rings. The summed E-state index contributed by atoms with van der Waals surface area (Å²) < 4.78 is 0. The molecule has 9 heavy (non-hydrogen) atoms. The third-order valence-electron chi connectivity index (χ3n) is 1.49. The Labute approximate surface area is 55.2 Å². The van der Waals surface area contributed by atoms with Gasteiger partial charge in [-0.05, 0) is 19.8 Å². The molecule has 0 heterocycles. The molecule has 1 amide bonds. The van der Waals surface area contributed by atoms with Crippen molar-refractivity contribution in [1.82, 2.24) is 4.90 Å². The SMILES string of the molecule is C=C(C)N(C=O)C1CC1. The molecule has 0 aliphatic heterocycles. The van der Waals surface area contributed by atoms with E-state index in [1.807, 2.05) is 6.92 Å². The lowest BCUT2D eigenvalue weighted by Crippen LogP contribution is -2.20. The van der Waals surface area contributed by atoms with Crippen LogP contribution >= 0.6 is 0 Å². The smallest absolute Gasteiger partial charge is 0.214 e. The molecule has 1 rings (SSSR count). The zero-order valence-corrected chi connectivity index (χ0v) is 5.63. The molecule has 1 saturated carbocycles. The summed E-state index contributed by atoms with van der Waals surface area (Å²) in [6, 6.07) is 0.472. The van der Waals surface area contributed by atoms with Crippen molar-refractivity contribution in [3.63, 3.8) is 0 Å². The van der Waals surface area contributed by atoms with Gasteiger partial charge in [0.1, 0.15) is 0 Å². The third kappa shape index (κ3) is 1.31. The van der Waals surface area contributed by atoms with Gasteiger partial charge in [-0.2, -0.15) is 0 Å². The molecule has 1 fully saturated rings. The van der Waals surface area contributed by atoms with Crippen LogP contribution in [0.5, 0.6) is 0 Å². The molecule has 2 heteroatoms. The van der Waals surface area contributed by atoms with Crippen molar-refractivity contribution in [2.75, 3.05) is 0 Å². The van der Waals surface area contributed by atoms with Crippen molar-refractivity contribution < 1.29 is 4.79 Å². The van der Waals surface area contributed by atoms with Gasteiger partial charge in [0.15, 0.2) is 0 Å². The molecular weight excluding hydrogens is 114 g/mol. The molecule has 0 N–H and O–H groups in total. The molecular formula is C7H11NO. The van der Waals surface area contributed by atoms with Crippen molar-refractivity contribution in [3.05, 3.63) is 12.3 Å². The van der Waals surface area contributed by atoms with E-state index in [0.29, 0.717) is 6.04 Å². The highest BCUT2D eigenvalue weighted by Crippen LogP contribution is 2.27. The minimum Gasteiger partial charge on any atom is -0.317 e. The van der Waals surface area contributed by atoms with E-state index in [9.17, 15) is 4.79 Å². The van der Waals surface area contributed by atoms with Gasteiger partial charge in [0, 0.05) is 11.7 Å². The van der Waals surface area contributed by atoms with Gasteiger partial charge in [-0.15, -0.1) is 0 Å². The summed E-state index contributed by atoms with van der Waals surface area (Å²) in [7, 11) is 0. The molecule has 1 aliphatic carbocycles. The first-order valence-corrected chi connectivity index (χ1v) is 3.15. The van der Waals surface area contributed by atoms with E-state index in [0.717, 1.165) is 24.9 Å². The summed E-state index contributed by atoms with van der Waals surface area (Å²) in [5, 5.41) is 0. The topological polar surface area (TPSA) is 20.3 Å². The zero-order valence-electron chi connectivity index (χ0n) is 5.63. The Morgan fingerprint density at radius 1 is 1.78 bits per heavy atom. The van der Waals surface area contributed by atoms with Crippen LogP contribution in [0, 0.1) is 0 Å². The Morgan fingerprint density at radius 2 is 2.33 bits per heavy atom. The van der Waals surface area contributed by atoms with Crippen molar-refractivity contribution in [1.29, 1.82) is 0 Å². The number of hydrogen-bond acceptors (Lipinski definition) is 1. The monoisotopic (exact) mass is 125 g/mol. The van der Waals surface area contributed by atoms with Crippen molar-refractivity contribution in [2.45, 2.75) is 25.8 Å². The number of carbonyl (C=O) groups excluding carboxylic acids is 1. The fourth-order valence-corrected chi connectivity index (χ4v) is 0.840. The van der Waals surface area contributed by atoms with E-state index < -0.39 is 0 Å². The number of nitrogens with zero attached hydrogens (tertiary/aromatic N) is 1. The van der Waals surface area contributed by atoms with Gasteiger partial charge in [0.2, 0.25) is 6.41 Å². The number of rotatable bonds is 3. The number of hydrogen-bond donors (Lipinski definition) is 0. The first-order valence-electron chi connectivity index (χ1n) is 3.15. The lowest BCUT2D eigenvalue weighted by atomic mass is 10.4. The summed E-state index contributed by atoms with van der Waals surface area (Å²) in [5.41, 5.74) is 0.854. The lowest BCUT2D eigenvalue weighted by molar-refractivity contribution is -0.116. The fourth-order valence-electron chi connectivity index (χ4n) is 0.840. The van der Waals surface area contributed by atoms with E-state index in [2.05, 4.69) is 6.58 Å². The highest BCUT2D eigenvalue weighted by molar-refractivity contribution is 5.52. The van der Waals surface area contributed by atoms with Crippen LogP contribution in [0.4, 0.5) is 0 Å². The van der Waals surface area contributed by atoms with Crippen LogP contribution in [-0.4, -0.2) is 17.4 Å². The Morgan fingerprint density at radius 3 is 2.44 bits per heavy atom. The maximum atomic E-state index is 10.3. The van der Waals surface area contributed by atoms with Crippen LogP contribution in [0.3, 0.4) is 0 Å². The summed E-state index contributed by atoms with van der Waals surface area (Å²) in [4.78, 5) is 12.0. The predicted molar refractivity (Wildman–Crippen MR) is 35.7 cm³/mol. The Hall–Kier alpha value is -0.790. The van der Waals surface area contributed by atoms with Crippen LogP contribution < -0.4 is 0 Å². The minimum atomic E-state index is 0.472. The number of allylic oxidation sites excluding steroid dienone is 1. The summed E-state index contributed by atoms with van der Waals surface area (Å²) in [6.45, 7) is 5.54. The molecule has 0 radical (unpaired) electrons. The second-order valence-electron chi connectivity index (χ2n) is 2.48. The second kappa shape index (κ2) is 2.21. The maximum Gasteiger partial charge on any atom is 0.214 e. The average Bonchev–Trinajstić information content (AvgIpc) is 2.50. The molecule has 1 aliphatic rings. The van der Waals surface area contributed by atoms with Gasteiger partial charge in [0.05, 0.1) is 0 Å². The molecule has 0 saturated heterocycles. The second-order valence-corrected chi connectivity index (χ2v) is 2.48. The molecule has 50 valence electrons. The van der Waals surface area contributed by atoms with Crippen molar-refractivity contribution in [2.24, 2.45) is 0 Å². The summed E-state index contributed by atoms with van der Waals surface area (Å²) >= 11 is 0. The van der Waals surface area contributed by atoms with Crippen LogP contribution in [0.1, 0.15) is 19.8 Å². The van der Waals surface area contributed by atoms with Crippen molar-refractivity contribution >= 4 is 6.41 Å². The van der Waals surface area contributed by atoms with E-state index in [4.69, 9.17) is 0 Å². The Kier molecular flexibility index (Phi) is 1.56. The van der Waals surface area contributed by atoms with Gasteiger partial charge in [0.25, 0.3) is 0 Å². The molecule has 0 spiro atoms. The first kappa shape index (κ1) is 6.33. The van der Waals surface area contributed by atoms with Gasteiger partial charge >= 0.3 is 0 Å². The summed E-state index contributed by atoms with van der Waals surface area (Å²) in [5.74, 6) is 0. The predicted octanol–water partition coefficient (Wildman–Crippen LogP) is 1.14. The fraction of sp³-hybridized carbons (Fsp3) is 0.571. The normalized spacial score (nSPS) is 17.0. The van der Waals surface area contributed by atoms with E-state index in [1.54, 1.807) is 4.90 Å². The standard InChI is InChI=1S/C7H11NO/c1-6(2)8(5-9)7-3-4-7/h5,7H,1,3-4H2,2H3. The van der Waals surface area contributed by atoms with Gasteiger partial charge < -0.3 is 4.90 Å². The minimum absolute atomic E-state index is 0.472. The highest BCUT2D eigenvalue weighted by Gasteiger charge is 2.27. The Bertz CT molecular complexity index is 138. The third-order valence-corrected chi connectivity index (χ3v) is 1.49. The summed E-state index contributed by atoms with van der Waals surface area (Å²) in [6.07, 6.45) is 3.15. The molecule has 2 nitrogen and oxygen atoms in total. The van der Waals surface area contributed by atoms with Crippen molar-refractivity contribution in [3.8, 4) is 0 Å². The zero-order chi connectivity index (χ0) is 6.85. The molecule has 0 bridgehead atoms. The van der Waals surface area contributed by atoms with Crippen LogP contribution in [0.15, 0.2) is 12.3 Å². The average molecular weight is 125 g/mol. The largest absolute Gasteiger partial charge is 0.317 e. The van der Waals surface area contributed by atoms with Crippen LogP contribution in [-0.2, 0) is 4.79 Å². The molecule has 0 aromatic heterocycles. The van der Waals surface area contributed by atoms with Crippen LogP contribution in [0.25, 0.3) is 0 Å². The van der Waals surface area contributed by atoms with Crippen LogP contribution in [0.2, 0.25) is 0 Å². The van der Waals surface area contributed by atoms with Gasteiger partial charge in [-0.3, -0.25) is 4.79 Å². The van der Waals surface area contributed by atoms with Gasteiger partial charge in [-0.25, -0.2) is 0 Å². The van der Waals surface area contributed by atoms with Gasteiger partial charge in [-0.1, -0.05) is 6.58 Å². The molecule has 0 atom stereocenters. The quantitative estimate of drug-likeness (QED) is 0.518. The van der Waals surface area contributed by atoms with E-state index >= 15 is 0 Å². The number of carbonyl (C=O) groups is 1.